The summed E-state index contributed by atoms with van der Waals surface area (Å²) in [7, 11) is 0. The standard InChI is InChI=1S/C26H25NO2S/c1-5-29-25(28)19-8-6-18(7-9-19)17(2)20-10-11-23-22(16-20)21(12-13-26(23,3)4)24-27-14-15-30-24/h6-12,14-16H,2,5,13H2,1,3-4H3. The van der Waals surface area contributed by atoms with E-state index in [2.05, 4.69) is 49.7 Å². The predicted molar refractivity (Wildman–Crippen MR) is 124 cm³/mol. The Balaban J connectivity index is 1.70. The van der Waals surface area contributed by atoms with Crippen LogP contribution in [0.15, 0.2) is 66.7 Å². The smallest absolute Gasteiger partial charge is 0.338 e. The minimum atomic E-state index is -0.302. The lowest BCUT2D eigenvalue weighted by Gasteiger charge is -2.32. The van der Waals surface area contributed by atoms with Crippen LogP contribution in [0.1, 0.15) is 64.8 Å². The summed E-state index contributed by atoms with van der Waals surface area (Å²) in [4.78, 5) is 16.5. The third-order valence-electron chi connectivity index (χ3n) is 5.61. The van der Waals surface area contributed by atoms with E-state index in [1.165, 1.54) is 16.7 Å². The number of esters is 1. The Hall–Kier alpha value is -2.98. The van der Waals surface area contributed by atoms with Crippen molar-refractivity contribution in [2.75, 3.05) is 6.61 Å². The molecule has 1 aromatic heterocycles. The molecule has 4 heteroatoms. The molecule has 30 heavy (non-hydrogen) atoms. The number of carbonyl (C=O) groups is 1. The number of aromatic nitrogens is 1. The van der Waals surface area contributed by atoms with E-state index in [0.29, 0.717) is 12.2 Å². The Morgan fingerprint density at radius 3 is 2.50 bits per heavy atom. The monoisotopic (exact) mass is 415 g/mol. The maximum Gasteiger partial charge on any atom is 0.338 e. The number of hydrogen-bond acceptors (Lipinski definition) is 4. The number of ether oxygens (including phenoxy) is 1. The summed E-state index contributed by atoms with van der Waals surface area (Å²) in [5.74, 6) is -0.302. The van der Waals surface area contributed by atoms with E-state index in [1.54, 1.807) is 30.4 Å². The highest BCUT2D eigenvalue weighted by atomic mass is 32.1. The first kappa shape index (κ1) is 20.3. The highest BCUT2D eigenvalue weighted by molar-refractivity contribution is 7.10. The molecule has 0 radical (unpaired) electrons. The molecule has 0 amide bonds. The minimum Gasteiger partial charge on any atom is -0.462 e. The van der Waals surface area contributed by atoms with Crippen LogP contribution in [0.4, 0.5) is 0 Å². The van der Waals surface area contributed by atoms with E-state index >= 15 is 0 Å². The quantitative estimate of drug-likeness (QED) is 0.447. The molecule has 2 aromatic carbocycles. The zero-order chi connectivity index (χ0) is 21.3. The van der Waals surface area contributed by atoms with Crippen molar-refractivity contribution in [1.82, 2.24) is 4.98 Å². The van der Waals surface area contributed by atoms with Crippen LogP contribution in [-0.4, -0.2) is 17.6 Å². The average molecular weight is 416 g/mol. The minimum absolute atomic E-state index is 0.0806. The van der Waals surface area contributed by atoms with Crippen molar-refractivity contribution in [3.8, 4) is 0 Å². The maximum absolute atomic E-state index is 11.9. The first-order valence-corrected chi connectivity index (χ1v) is 11.0. The van der Waals surface area contributed by atoms with E-state index in [-0.39, 0.29) is 11.4 Å². The first-order chi connectivity index (χ1) is 14.4. The lowest BCUT2D eigenvalue weighted by molar-refractivity contribution is 0.0526. The zero-order valence-corrected chi connectivity index (χ0v) is 18.4. The second kappa shape index (κ2) is 8.04. The summed E-state index contributed by atoms with van der Waals surface area (Å²) in [5, 5.41) is 3.07. The molecule has 0 N–H and O–H groups in total. The van der Waals surface area contributed by atoms with Gasteiger partial charge in [-0.15, -0.1) is 11.3 Å². The van der Waals surface area contributed by atoms with Gasteiger partial charge in [0.2, 0.25) is 0 Å². The van der Waals surface area contributed by atoms with Crippen LogP contribution >= 0.6 is 11.3 Å². The number of nitrogens with zero attached hydrogens (tertiary/aromatic N) is 1. The number of hydrogen-bond donors (Lipinski definition) is 0. The SMILES string of the molecule is C=C(c1ccc(C(=O)OCC)cc1)c1ccc2c(c1)C(c1nccs1)=CCC2(C)C. The number of carbonyl (C=O) groups excluding carboxylic acids is 1. The third kappa shape index (κ3) is 3.75. The Labute approximate surface area is 181 Å². The first-order valence-electron chi connectivity index (χ1n) is 10.1. The van der Waals surface area contributed by atoms with E-state index in [1.807, 2.05) is 23.7 Å². The Morgan fingerprint density at radius 1 is 1.13 bits per heavy atom. The van der Waals surface area contributed by atoms with Crippen molar-refractivity contribution in [2.45, 2.75) is 32.6 Å². The van der Waals surface area contributed by atoms with Crippen molar-refractivity contribution in [3.63, 3.8) is 0 Å². The van der Waals surface area contributed by atoms with Gasteiger partial charge in [0.1, 0.15) is 5.01 Å². The molecule has 0 unspecified atom stereocenters. The third-order valence-corrected chi connectivity index (χ3v) is 6.42. The summed E-state index contributed by atoms with van der Waals surface area (Å²) in [6.07, 6.45) is 5.15. The van der Waals surface area contributed by atoms with Gasteiger partial charge in [-0.25, -0.2) is 9.78 Å². The summed E-state index contributed by atoms with van der Waals surface area (Å²) < 4.78 is 5.07. The Kier molecular flexibility index (Phi) is 5.44. The van der Waals surface area contributed by atoms with Gasteiger partial charge in [-0.05, 0) is 64.8 Å². The van der Waals surface area contributed by atoms with Gasteiger partial charge in [-0.3, -0.25) is 0 Å². The molecule has 0 aliphatic heterocycles. The number of benzene rings is 2. The van der Waals surface area contributed by atoms with E-state index in [4.69, 9.17) is 4.74 Å². The van der Waals surface area contributed by atoms with Gasteiger partial charge in [-0.1, -0.05) is 50.8 Å². The van der Waals surface area contributed by atoms with Gasteiger partial charge >= 0.3 is 5.97 Å². The molecule has 3 nitrogen and oxygen atoms in total. The fraction of sp³-hybridized carbons (Fsp3) is 0.231. The lowest BCUT2D eigenvalue weighted by atomic mass is 9.72. The second-order valence-electron chi connectivity index (χ2n) is 8.08. The van der Waals surface area contributed by atoms with Crippen LogP contribution in [0.5, 0.6) is 0 Å². The lowest BCUT2D eigenvalue weighted by Crippen LogP contribution is -2.22. The molecule has 3 aromatic rings. The van der Waals surface area contributed by atoms with Crippen molar-refractivity contribution < 1.29 is 9.53 Å². The highest BCUT2D eigenvalue weighted by Crippen LogP contribution is 2.43. The van der Waals surface area contributed by atoms with Crippen LogP contribution in [0.2, 0.25) is 0 Å². The molecule has 1 heterocycles. The zero-order valence-electron chi connectivity index (χ0n) is 17.6. The van der Waals surface area contributed by atoms with Gasteiger partial charge in [-0.2, -0.15) is 0 Å². The molecule has 0 spiro atoms. The highest BCUT2D eigenvalue weighted by Gasteiger charge is 2.29. The van der Waals surface area contributed by atoms with Crippen LogP contribution in [0, 0.1) is 0 Å². The molecule has 0 atom stereocenters. The van der Waals surface area contributed by atoms with Crippen molar-refractivity contribution in [3.05, 3.63) is 99.5 Å². The summed E-state index contributed by atoms with van der Waals surface area (Å²) >= 11 is 1.67. The Morgan fingerprint density at radius 2 is 1.83 bits per heavy atom. The van der Waals surface area contributed by atoms with Crippen LogP contribution < -0.4 is 0 Å². The average Bonchev–Trinajstić information content (AvgIpc) is 3.28. The van der Waals surface area contributed by atoms with Crippen molar-refractivity contribution in [1.29, 1.82) is 0 Å². The van der Waals surface area contributed by atoms with Crippen LogP contribution in [-0.2, 0) is 10.2 Å². The molecule has 0 fully saturated rings. The molecule has 4 rings (SSSR count). The van der Waals surface area contributed by atoms with Gasteiger partial charge < -0.3 is 4.74 Å². The maximum atomic E-state index is 11.9. The van der Waals surface area contributed by atoms with Gasteiger partial charge in [0.15, 0.2) is 0 Å². The second-order valence-corrected chi connectivity index (χ2v) is 8.97. The molecule has 152 valence electrons. The van der Waals surface area contributed by atoms with Crippen molar-refractivity contribution >= 4 is 28.5 Å². The number of thiazole rings is 1. The molecule has 0 saturated heterocycles. The number of rotatable bonds is 5. The number of fused-ring (bicyclic) bond motifs is 1. The summed E-state index contributed by atoms with van der Waals surface area (Å²) in [5.41, 5.74) is 7.37. The summed E-state index contributed by atoms with van der Waals surface area (Å²) in [6.45, 7) is 11.1. The Bertz CT molecular complexity index is 1120. The fourth-order valence-corrected chi connectivity index (χ4v) is 4.56. The number of allylic oxidation sites excluding steroid dienone is 1. The predicted octanol–water partition coefficient (Wildman–Crippen LogP) is 6.49. The normalized spacial score (nSPS) is 14.6. The fourth-order valence-electron chi connectivity index (χ4n) is 3.87. The largest absolute Gasteiger partial charge is 0.462 e. The van der Waals surface area contributed by atoms with E-state index in [9.17, 15) is 4.79 Å². The van der Waals surface area contributed by atoms with E-state index < -0.39 is 0 Å². The molecule has 1 aliphatic rings. The van der Waals surface area contributed by atoms with Gasteiger partial charge in [0.25, 0.3) is 0 Å². The van der Waals surface area contributed by atoms with E-state index in [0.717, 1.165) is 28.1 Å². The van der Waals surface area contributed by atoms with Crippen molar-refractivity contribution in [2.24, 2.45) is 0 Å². The van der Waals surface area contributed by atoms with Crippen LogP contribution in [0.3, 0.4) is 0 Å². The van der Waals surface area contributed by atoms with Gasteiger partial charge in [0, 0.05) is 17.2 Å². The molecular weight excluding hydrogens is 390 g/mol. The molecule has 1 aliphatic carbocycles. The van der Waals surface area contributed by atoms with Gasteiger partial charge in [0.05, 0.1) is 12.2 Å². The molecular formula is C26H25NO2S. The molecule has 0 saturated carbocycles. The molecule has 0 bridgehead atoms. The topological polar surface area (TPSA) is 39.2 Å². The van der Waals surface area contributed by atoms with Crippen LogP contribution in [0.25, 0.3) is 11.1 Å². The summed E-state index contributed by atoms with van der Waals surface area (Å²) in [6, 6.07) is 14.0.